The lowest BCUT2D eigenvalue weighted by molar-refractivity contribution is 0.0963. The van der Waals surface area contributed by atoms with E-state index >= 15 is 0 Å². The standard InChI is InChI=1S/C22H28N6O.HI/c1-4-24-22(25-12-11-17-8-6-9-18(13-17)21(29)23-3)26-14-19-15-28-16(2)7-5-10-20(28)27-19;/h5-10,13,15H,4,11-12,14H2,1-3H3,(H,23,29)(H2,24,25,26);1H. The number of carbonyl (C=O) groups excluding carboxylic acids is 1. The van der Waals surface area contributed by atoms with E-state index in [1.807, 2.05) is 49.5 Å². The first-order chi connectivity index (χ1) is 14.1. The summed E-state index contributed by atoms with van der Waals surface area (Å²) < 4.78 is 2.07. The monoisotopic (exact) mass is 520 g/mol. The number of hydrogen-bond acceptors (Lipinski definition) is 3. The highest BCUT2D eigenvalue weighted by molar-refractivity contribution is 14.0. The number of aryl methyl sites for hydroxylation is 1. The lowest BCUT2D eigenvalue weighted by Crippen LogP contribution is -2.38. The number of carbonyl (C=O) groups is 1. The Labute approximate surface area is 194 Å². The van der Waals surface area contributed by atoms with Crippen molar-refractivity contribution < 1.29 is 4.79 Å². The van der Waals surface area contributed by atoms with Crippen molar-refractivity contribution >= 4 is 41.5 Å². The molecule has 8 heteroatoms. The Kier molecular flexibility index (Phi) is 9.10. The molecule has 1 aromatic carbocycles. The topological polar surface area (TPSA) is 82.8 Å². The smallest absolute Gasteiger partial charge is 0.251 e. The molecule has 1 amide bonds. The van der Waals surface area contributed by atoms with Gasteiger partial charge in [-0.3, -0.25) is 4.79 Å². The molecule has 0 aliphatic carbocycles. The molecule has 0 unspecified atom stereocenters. The van der Waals surface area contributed by atoms with Crippen molar-refractivity contribution in [2.75, 3.05) is 20.1 Å². The molecule has 2 aromatic heterocycles. The molecule has 0 fully saturated rings. The summed E-state index contributed by atoms with van der Waals surface area (Å²) >= 11 is 0. The van der Waals surface area contributed by atoms with Gasteiger partial charge in [-0.05, 0) is 50.1 Å². The van der Waals surface area contributed by atoms with Crippen molar-refractivity contribution in [1.82, 2.24) is 25.3 Å². The Hall–Kier alpha value is -2.62. The molecule has 160 valence electrons. The molecule has 0 aliphatic rings. The number of nitrogens with one attached hydrogen (secondary N) is 3. The van der Waals surface area contributed by atoms with Crippen molar-refractivity contribution in [3.8, 4) is 0 Å². The van der Waals surface area contributed by atoms with Crippen molar-refractivity contribution in [3.05, 3.63) is 71.2 Å². The number of pyridine rings is 1. The van der Waals surface area contributed by atoms with E-state index < -0.39 is 0 Å². The lowest BCUT2D eigenvalue weighted by Gasteiger charge is -2.11. The minimum Gasteiger partial charge on any atom is -0.357 e. The number of guanidine groups is 1. The first-order valence-electron chi connectivity index (χ1n) is 9.87. The van der Waals surface area contributed by atoms with Crippen molar-refractivity contribution in [2.24, 2.45) is 4.99 Å². The van der Waals surface area contributed by atoms with Gasteiger partial charge in [0.2, 0.25) is 0 Å². The van der Waals surface area contributed by atoms with E-state index in [0.717, 1.165) is 41.5 Å². The number of halogens is 1. The predicted octanol–water partition coefficient (Wildman–Crippen LogP) is 2.92. The Bertz CT molecular complexity index is 1010. The number of amides is 1. The highest BCUT2D eigenvalue weighted by Crippen LogP contribution is 2.09. The van der Waals surface area contributed by atoms with Gasteiger partial charge in [-0.25, -0.2) is 9.98 Å². The van der Waals surface area contributed by atoms with Gasteiger partial charge in [-0.15, -0.1) is 24.0 Å². The molecule has 0 spiro atoms. The third kappa shape index (κ3) is 6.19. The minimum atomic E-state index is -0.0719. The fourth-order valence-electron chi connectivity index (χ4n) is 3.11. The van der Waals surface area contributed by atoms with Crippen LogP contribution in [0.1, 0.15) is 34.2 Å². The number of imidazole rings is 1. The Morgan fingerprint density at radius 3 is 2.70 bits per heavy atom. The fraction of sp³-hybridized carbons (Fsp3) is 0.318. The molecule has 0 saturated carbocycles. The number of benzene rings is 1. The molecule has 3 aromatic rings. The number of nitrogens with zero attached hydrogens (tertiary/aromatic N) is 3. The van der Waals surface area contributed by atoms with E-state index in [9.17, 15) is 4.79 Å². The molecule has 0 bridgehead atoms. The third-order valence-corrected chi connectivity index (χ3v) is 4.61. The van der Waals surface area contributed by atoms with Crippen LogP contribution in [0.2, 0.25) is 0 Å². The zero-order valence-electron chi connectivity index (χ0n) is 17.6. The van der Waals surface area contributed by atoms with Crippen molar-refractivity contribution in [3.63, 3.8) is 0 Å². The van der Waals surface area contributed by atoms with Crippen LogP contribution in [0, 0.1) is 6.92 Å². The first-order valence-corrected chi connectivity index (χ1v) is 9.87. The number of fused-ring (bicyclic) bond motifs is 1. The van der Waals surface area contributed by atoms with Gasteiger partial charge in [0.25, 0.3) is 5.91 Å². The molecule has 0 atom stereocenters. The molecule has 0 aliphatic heterocycles. The van der Waals surface area contributed by atoms with Gasteiger partial charge >= 0.3 is 0 Å². The van der Waals surface area contributed by atoms with Gasteiger partial charge in [0.05, 0.1) is 12.2 Å². The highest BCUT2D eigenvalue weighted by Gasteiger charge is 2.05. The van der Waals surface area contributed by atoms with Crippen LogP contribution < -0.4 is 16.0 Å². The maximum atomic E-state index is 11.8. The summed E-state index contributed by atoms with van der Waals surface area (Å²) in [7, 11) is 1.64. The molecule has 0 radical (unpaired) electrons. The quantitative estimate of drug-likeness (QED) is 0.254. The van der Waals surface area contributed by atoms with Crippen LogP contribution in [0.25, 0.3) is 5.65 Å². The third-order valence-electron chi connectivity index (χ3n) is 4.61. The summed E-state index contributed by atoms with van der Waals surface area (Å²) in [4.78, 5) is 21.1. The molecule has 2 heterocycles. The molecular formula is C22H29IN6O. The predicted molar refractivity (Wildman–Crippen MR) is 132 cm³/mol. The summed E-state index contributed by atoms with van der Waals surface area (Å²) in [5.41, 5.74) is 4.78. The van der Waals surface area contributed by atoms with Crippen LogP contribution in [0.15, 0.2) is 53.7 Å². The van der Waals surface area contributed by atoms with E-state index in [2.05, 4.69) is 43.3 Å². The zero-order valence-corrected chi connectivity index (χ0v) is 19.9. The average molecular weight is 520 g/mol. The Morgan fingerprint density at radius 1 is 1.17 bits per heavy atom. The van der Waals surface area contributed by atoms with E-state index in [1.54, 1.807) is 7.05 Å². The summed E-state index contributed by atoms with van der Waals surface area (Å²) in [5.74, 6) is 0.682. The molecular weight excluding hydrogens is 491 g/mol. The Morgan fingerprint density at radius 2 is 1.97 bits per heavy atom. The second-order valence-electron chi connectivity index (χ2n) is 6.78. The molecule has 30 heavy (non-hydrogen) atoms. The second kappa shape index (κ2) is 11.5. The zero-order chi connectivity index (χ0) is 20.6. The van der Waals surface area contributed by atoms with Crippen molar-refractivity contribution in [1.29, 1.82) is 0 Å². The fourth-order valence-corrected chi connectivity index (χ4v) is 3.11. The molecule has 3 rings (SSSR count). The normalized spacial score (nSPS) is 11.1. The lowest BCUT2D eigenvalue weighted by atomic mass is 10.1. The Balaban J connectivity index is 0.00000320. The van der Waals surface area contributed by atoms with Gasteiger partial charge in [0.1, 0.15) is 5.65 Å². The first kappa shape index (κ1) is 23.7. The summed E-state index contributed by atoms with van der Waals surface area (Å²) in [6.45, 7) is 6.10. The number of rotatable bonds is 7. The van der Waals surface area contributed by atoms with Gasteiger partial charge in [-0.2, -0.15) is 0 Å². The van der Waals surface area contributed by atoms with E-state index in [1.165, 1.54) is 0 Å². The van der Waals surface area contributed by atoms with Crippen molar-refractivity contribution in [2.45, 2.75) is 26.8 Å². The van der Waals surface area contributed by atoms with Crippen LogP contribution in [0.5, 0.6) is 0 Å². The van der Waals surface area contributed by atoms with Crippen LogP contribution in [0.3, 0.4) is 0 Å². The van der Waals surface area contributed by atoms with Gasteiger partial charge in [0, 0.05) is 37.6 Å². The number of aliphatic imine (C=N–C) groups is 1. The van der Waals surface area contributed by atoms with Gasteiger partial charge < -0.3 is 20.4 Å². The highest BCUT2D eigenvalue weighted by atomic mass is 127. The number of aromatic nitrogens is 2. The SMILES string of the molecule is CCNC(=NCc1cn2c(C)cccc2n1)NCCc1cccc(C(=O)NC)c1.I. The molecule has 7 nitrogen and oxygen atoms in total. The summed E-state index contributed by atoms with van der Waals surface area (Å²) in [5, 5.41) is 9.27. The van der Waals surface area contributed by atoms with E-state index in [4.69, 9.17) is 0 Å². The van der Waals surface area contributed by atoms with Gasteiger partial charge in [0.15, 0.2) is 5.96 Å². The van der Waals surface area contributed by atoms with Crippen LogP contribution in [0.4, 0.5) is 0 Å². The molecule has 0 saturated heterocycles. The number of hydrogen-bond donors (Lipinski definition) is 3. The van der Waals surface area contributed by atoms with Crippen LogP contribution >= 0.6 is 24.0 Å². The average Bonchev–Trinajstić information content (AvgIpc) is 3.16. The van der Waals surface area contributed by atoms with E-state index in [-0.39, 0.29) is 29.9 Å². The second-order valence-corrected chi connectivity index (χ2v) is 6.78. The minimum absolute atomic E-state index is 0. The van der Waals surface area contributed by atoms with Crippen LogP contribution in [-0.2, 0) is 13.0 Å². The van der Waals surface area contributed by atoms with E-state index in [0.29, 0.717) is 18.7 Å². The largest absolute Gasteiger partial charge is 0.357 e. The van der Waals surface area contributed by atoms with Crippen LogP contribution in [-0.4, -0.2) is 41.4 Å². The maximum Gasteiger partial charge on any atom is 0.251 e. The summed E-state index contributed by atoms with van der Waals surface area (Å²) in [6, 6.07) is 13.7. The summed E-state index contributed by atoms with van der Waals surface area (Å²) in [6.07, 6.45) is 2.82. The maximum absolute atomic E-state index is 11.8. The molecule has 3 N–H and O–H groups in total. The van der Waals surface area contributed by atoms with Gasteiger partial charge in [-0.1, -0.05) is 18.2 Å².